The number of nitrogens with two attached hydrogens (primary N) is 1. The van der Waals surface area contributed by atoms with Crippen LogP contribution in [0.25, 0.3) is 0 Å². The highest BCUT2D eigenvalue weighted by Gasteiger charge is 2.21. The van der Waals surface area contributed by atoms with E-state index in [-0.39, 0.29) is 0 Å². The molecule has 0 saturated carbocycles. The summed E-state index contributed by atoms with van der Waals surface area (Å²) in [4.78, 5) is 4.45. The van der Waals surface area contributed by atoms with Gasteiger partial charge in [-0.25, -0.2) is 4.98 Å². The molecule has 2 rings (SSSR count). The molecule has 1 aliphatic rings. The first-order chi connectivity index (χ1) is 7.74. The molecule has 16 heavy (non-hydrogen) atoms. The van der Waals surface area contributed by atoms with Crippen molar-refractivity contribution < 1.29 is 5.11 Å². The van der Waals surface area contributed by atoms with Crippen LogP contribution in [0.1, 0.15) is 43.3 Å². The van der Waals surface area contributed by atoms with Crippen molar-refractivity contribution >= 4 is 11.6 Å². The first kappa shape index (κ1) is 11.9. The van der Waals surface area contributed by atoms with Gasteiger partial charge in [-0.1, -0.05) is 18.0 Å². The summed E-state index contributed by atoms with van der Waals surface area (Å²) < 4.78 is 2.03. The molecule has 1 atom stereocenters. The largest absolute Gasteiger partial charge is 0.387 e. The lowest BCUT2D eigenvalue weighted by molar-refractivity contribution is 0.166. The summed E-state index contributed by atoms with van der Waals surface area (Å²) >= 11 is 6.25. The molecule has 1 unspecified atom stereocenters. The summed E-state index contributed by atoms with van der Waals surface area (Å²) in [5.74, 6) is 1.01. The van der Waals surface area contributed by atoms with Crippen molar-refractivity contribution in [2.45, 2.75) is 44.8 Å². The van der Waals surface area contributed by atoms with Gasteiger partial charge < -0.3 is 15.4 Å². The topological polar surface area (TPSA) is 64.1 Å². The van der Waals surface area contributed by atoms with E-state index < -0.39 is 6.10 Å². The van der Waals surface area contributed by atoms with Gasteiger partial charge in [0.15, 0.2) is 0 Å². The van der Waals surface area contributed by atoms with Crippen LogP contribution in [0.5, 0.6) is 0 Å². The van der Waals surface area contributed by atoms with Crippen LogP contribution in [0.15, 0.2) is 0 Å². The van der Waals surface area contributed by atoms with Gasteiger partial charge in [-0.3, -0.25) is 0 Å². The van der Waals surface area contributed by atoms with Crippen molar-refractivity contribution in [3.63, 3.8) is 0 Å². The molecule has 0 radical (unpaired) electrons. The van der Waals surface area contributed by atoms with E-state index >= 15 is 0 Å². The lowest BCUT2D eigenvalue weighted by Gasteiger charge is -2.07. The number of hydrogen-bond acceptors (Lipinski definition) is 3. The molecule has 0 saturated heterocycles. The third kappa shape index (κ3) is 2.24. The zero-order valence-electron chi connectivity index (χ0n) is 9.32. The van der Waals surface area contributed by atoms with Crippen molar-refractivity contribution in [3.05, 3.63) is 16.7 Å². The molecule has 2 heterocycles. The van der Waals surface area contributed by atoms with Gasteiger partial charge in [0.1, 0.15) is 22.8 Å². The minimum Gasteiger partial charge on any atom is -0.387 e. The van der Waals surface area contributed by atoms with Crippen LogP contribution in [-0.4, -0.2) is 21.2 Å². The minimum absolute atomic E-state index is 0.444. The maximum atomic E-state index is 9.88. The summed E-state index contributed by atoms with van der Waals surface area (Å²) in [5.41, 5.74) is 6.03. The molecule has 0 amide bonds. The maximum Gasteiger partial charge on any atom is 0.134 e. The Morgan fingerprint density at radius 2 is 2.25 bits per heavy atom. The highest BCUT2D eigenvalue weighted by atomic mass is 35.5. The predicted molar refractivity (Wildman–Crippen MR) is 63.4 cm³/mol. The van der Waals surface area contributed by atoms with E-state index in [2.05, 4.69) is 4.98 Å². The molecule has 0 aliphatic carbocycles. The van der Waals surface area contributed by atoms with Gasteiger partial charge in [0.25, 0.3) is 0 Å². The quantitative estimate of drug-likeness (QED) is 0.849. The van der Waals surface area contributed by atoms with E-state index in [1.165, 1.54) is 6.42 Å². The fraction of sp³-hybridized carbons (Fsp3) is 0.727. The van der Waals surface area contributed by atoms with Crippen molar-refractivity contribution in [3.8, 4) is 0 Å². The van der Waals surface area contributed by atoms with Gasteiger partial charge in [-0.2, -0.15) is 0 Å². The molecule has 4 nitrogen and oxygen atoms in total. The van der Waals surface area contributed by atoms with E-state index in [4.69, 9.17) is 17.3 Å². The number of aliphatic hydroxyl groups excluding tert-OH is 1. The molecular formula is C11H18ClN3O. The first-order valence-corrected chi connectivity index (χ1v) is 6.24. The maximum absolute atomic E-state index is 9.88. The van der Waals surface area contributed by atoms with Crippen LogP contribution >= 0.6 is 11.6 Å². The Balaban J connectivity index is 2.27. The molecular weight excluding hydrogens is 226 g/mol. The molecule has 5 heteroatoms. The smallest absolute Gasteiger partial charge is 0.134 e. The number of nitrogens with zero attached hydrogens (tertiary/aromatic N) is 2. The number of aryl methyl sites for hydroxylation is 1. The van der Waals surface area contributed by atoms with Gasteiger partial charge in [0.2, 0.25) is 0 Å². The molecule has 0 fully saturated rings. The number of halogens is 1. The molecule has 1 aromatic rings. The second-order valence-corrected chi connectivity index (χ2v) is 4.62. The Hall–Kier alpha value is -0.580. The van der Waals surface area contributed by atoms with E-state index in [1.54, 1.807) is 0 Å². The summed E-state index contributed by atoms with van der Waals surface area (Å²) in [5, 5.41) is 10.5. The Kier molecular flexibility index (Phi) is 3.84. The second-order valence-electron chi connectivity index (χ2n) is 4.26. The number of aliphatic hydroxyl groups is 1. The van der Waals surface area contributed by atoms with Gasteiger partial charge in [-0.15, -0.1) is 0 Å². The molecule has 0 bridgehead atoms. The number of imidazole rings is 1. The monoisotopic (exact) mass is 243 g/mol. The Morgan fingerprint density at radius 3 is 3.00 bits per heavy atom. The molecule has 1 aliphatic heterocycles. The van der Waals surface area contributed by atoms with Crippen LogP contribution < -0.4 is 5.73 Å². The molecule has 0 spiro atoms. The number of hydrogen-bond donors (Lipinski definition) is 2. The lowest BCUT2D eigenvalue weighted by Crippen LogP contribution is -2.07. The number of aromatic nitrogens is 2. The van der Waals surface area contributed by atoms with Crippen LogP contribution in [0.3, 0.4) is 0 Å². The Bertz CT molecular complexity index is 364. The third-order valence-corrected chi connectivity index (χ3v) is 3.44. The third-order valence-electron chi connectivity index (χ3n) is 3.05. The number of rotatable bonds is 3. The zero-order valence-corrected chi connectivity index (χ0v) is 10.1. The highest BCUT2D eigenvalue weighted by Crippen LogP contribution is 2.28. The van der Waals surface area contributed by atoms with E-state index in [0.29, 0.717) is 23.8 Å². The van der Waals surface area contributed by atoms with E-state index in [9.17, 15) is 5.11 Å². The fourth-order valence-corrected chi connectivity index (χ4v) is 2.50. The lowest BCUT2D eigenvalue weighted by atomic mass is 10.2. The first-order valence-electron chi connectivity index (χ1n) is 5.87. The highest BCUT2D eigenvalue weighted by molar-refractivity contribution is 6.30. The van der Waals surface area contributed by atoms with Crippen molar-refractivity contribution in [1.82, 2.24) is 9.55 Å². The average Bonchev–Trinajstić information content (AvgIpc) is 2.47. The normalized spacial score (nSPS) is 17.9. The van der Waals surface area contributed by atoms with Crippen LogP contribution in [0.4, 0.5) is 0 Å². The summed E-state index contributed by atoms with van der Waals surface area (Å²) in [7, 11) is 0. The van der Waals surface area contributed by atoms with Gasteiger partial charge in [-0.05, 0) is 25.8 Å². The molecule has 90 valence electrons. The van der Waals surface area contributed by atoms with Gasteiger partial charge >= 0.3 is 0 Å². The van der Waals surface area contributed by atoms with Crippen molar-refractivity contribution in [1.29, 1.82) is 0 Å². The summed E-state index contributed by atoms with van der Waals surface area (Å²) in [6, 6.07) is 0. The van der Waals surface area contributed by atoms with Crippen LogP contribution in [0.2, 0.25) is 5.15 Å². The van der Waals surface area contributed by atoms with Crippen molar-refractivity contribution in [2.24, 2.45) is 5.73 Å². The van der Waals surface area contributed by atoms with Crippen molar-refractivity contribution in [2.75, 3.05) is 6.54 Å². The van der Waals surface area contributed by atoms with E-state index in [1.807, 2.05) is 4.57 Å². The second kappa shape index (κ2) is 5.17. The average molecular weight is 244 g/mol. The predicted octanol–water partition coefficient (Wildman–Crippen LogP) is 1.65. The fourth-order valence-electron chi connectivity index (χ4n) is 2.15. The molecule has 3 N–H and O–H groups in total. The van der Waals surface area contributed by atoms with Crippen LogP contribution in [0, 0.1) is 0 Å². The van der Waals surface area contributed by atoms with Gasteiger partial charge in [0, 0.05) is 13.0 Å². The summed E-state index contributed by atoms with van der Waals surface area (Å²) in [6.07, 6.45) is 4.35. The molecule has 0 aromatic carbocycles. The van der Waals surface area contributed by atoms with E-state index in [0.717, 1.165) is 31.6 Å². The minimum atomic E-state index is -0.628. The standard InChI is InChI=1S/C11H18ClN3O/c12-11-10(8(16)5-6-13)14-9-4-2-1-3-7-15(9)11/h8,16H,1-7,13H2. The Labute approximate surface area is 100 Å². The Morgan fingerprint density at radius 1 is 1.44 bits per heavy atom. The van der Waals surface area contributed by atoms with Gasteiger partial charge in [0.05, 0.1) is 0 Å². The number of fused-ring (bicyclic) bond motifs is 1. The molecule has 1 aromatic heterocycles. The van der Waals surface area contributed by atoms with Crippen LogP contribution in [-0.2, 0) is 13.0 Å². The summed E-state index contributed by atoms with van der Waals surface area (Å²) in [6.45, 7) is 1.36. The SMILES string of the molecule is NCCC(O)c1nc2n(c1Cl)CCCCC2. The zero-order chi connectivity index (χ0) is 11.5.